The largest absolute Gasteiger partial charge is 0.471 e. The molecular weight excluding hydrogens is 710 g/mol. The number of sulfonamides is 1. The summed E-state index contributed by atoms with van der Waals surface area (Å²) in [6.45, 7) is 2.40. The Labute approximate surface area is 306 Å². The minimum Gasteiger partial charge on any atom is -0.471 e. The van der Waals surface area contributed by atoms with E-state index in [1.54, 1.807) is 13.0 Å². The van der Waals surface area contributed by atoms with Crippen molar-refractivity contribution in [2.45, 2.75) is 101 Å². The van der Waals surface area contributed by atoms with Gasteiger partial charge in [-0.15, -0.1) is 0 Å². The first-order chi connectivity index (χ1) is 25.3. The number of ether oxygens (including phenoxy) is 1. The van der Waals surface area contributed by atoms with Crippen molar-refractivity contribution in [3.05, 3.63) is 59.9 Å². The number of aromatic nitrogens is 3. The molecule has 3 N–H and O–H groups in total. The highest BCUT2D eigenvalue weighted by Crippen LogP contribution is 2.42. The molecule has 0 bridgehead atoms. The number of hydrogen-bond acceptors (Lipinski definition) is 11. The maximum absolute atomic E-state index is 14.6. The van der Waals surface area contributed by atoms with Gasteiger partial charge < -0.3 is 24.8 Å². The van der Waals surface area contributed by atoms with Crippen molar-refractivity contribution < 1.29 is 41.2 Å². The van der Waals surface area contributed by atoms with Gasteiger partial charge in [-0.2, -0.15) is 0 Å². The molecule has 0 radical (unpaired) electrons. The van der Waals surface area contributed by atoms with Crippen LogP contribution in [0.25, 0.3) is 11.0 Å². The Morgan fingerprint density at radius 3 is 2.64 bits per heavy atom. The molecule has 2 saturated carbocycles. The first kappa shape index (κ1) is 37.8. The van der Waals surface area contributed by atoms with Gasteiger partial charge in [0.2, 0.25) is 27.7 Å². The van der Waals surface area contributed by atoms with E-state index in [0.29, 0.717) is 36.4 Å². The van der Waals surface area contributed by atoms with E-state index in [0.717, 1.165) is 19.3 Å². The average molecular weight is 754 g/mol. The number of nitrogens with zero attached hydrogens (tertiary/aromatic N) is 4. The van der Waals surface area contributed by atoms with Crippen LogP contribution >= 0.6 is 0 Å². The van der Waals surface area contributed by atoms with Gasteiger partial charge >= 0.3 is 0 Å². The molecule has 3 fully saturated rings. The average Bonchev–Trinajstić information content (AvgIpc) is 3.98. The summed E-state index contributed by atoms with van der Waals surface area (Å²) in [5, 5.41) is 8.88. The molecule has 2 aromatic heterocycles. The zero-order valence-electron chi connectivity index (χ0n) is 29.7. The van der Waals surface area contributed by atoms with Crippen molar-refractivity contribution in [1.29, 1.82) is 0 Å². The topological polar surface area (TPSA) is 203 Å². The normalized spacial score (nSPS) is 19.9. The summed E-state index contributed by atoms with van der Waals surface area (Å²) in [7, 11) is -3.93. The number of hydrogen-bond donors (Lipinski definition) is 3. The van der Waals surface area contributed by atoms with Crippen molar-refractivity contribution in [2.75, 3.05) is 13.1 Å². The van der Waals surface area contributed by atoms with Crippen LogP contribution in [0.2, 0.25) is 0 Å². The summed E-state index contributed by atoms with van der Waals surface area (Å²) >= 11 is 0. The van der Waals surface area contributed by atoms with Gasteiger partial charge in [-0.3, -0.25) is 23.9 Å². The SMILES string of the molecule is Cc1nc2cccc(F)c2nc1O[C@@H]1C[C@@H](C(=O)NCC(=O)NS(=O)(=O)C2(C)CC2)N(C(=O)[C@H](CCCCC/C=C\C2CC2)NC(=O)c2ccon2)C1. The minimum atomic E-state index is -3.93. The van der Waals surface area contributed by atoms with E-state index in [4.69, 9.17) is 9.26 Å². The van der Waals surface area contributed by atoms with Gasteiger partial charge in [0.05, 0.1) is 23.4 Å². The summed E-state index contributed by atoms with van der Waals surface area (Å²) < 4.78 is 51.7. The predicted octanol–water partition coefficient (Wildman–Crippen LogP) is 3.24. The molecule has 1 aromatic carbocycles. The highest BCUT2D eigenvalue weighted by atomic mass is 32.2. The Bertz CT molecular complexity index is 1980. The number of halogens is 1. The molecular formula is C36H44FN7O8S. The maximum Gasteiger partial charge on any atom is 0.274 e. The molecule has 3 heterocycles. The number of amides is 4. The molecule has 284 valence electrons. The number of unbranched alkanes of at least 4 members (excludes halogenated alkanes) is 3. The van der Waals surface area contributed by atoms with Crippen LogP contribution in [0.15, 0.2) is 47.2 Å². The van der Waals surface area contributed by atoms with Crippen molar-refractivity contribution in [2.24, 2.45) is 5.92 Å². The second kappa shape index (κ2) is 16.0. The number of fused-ring (bicyclic) bond motifs is 1. The summed E-state index contributed by atoms with van der Waals surface area (Å²) in [6, 6.07) is 3.51. The van der Waals surface area contributed by atoms with Gasteiger partial charge in [0.15, 0.2) is 11.5 Å². The van der Waals surface area contributed by atoms with E-state index >= 15 is 0 Å². The lowest BCUT2D eigenvalue weighted by Crippen LogP contribution is -2.54. The molecule has 4 amide bonds. The van der Waals surface area contributed by atoms with Crippen LogP contribution in [0.1, 0.15) is 87.3 Å². The number of likely N-dealkylation sites (tertiary alicyclic amines) is 1. The Morgan fingerprint density at radius 1 is 1.13 bits per heavy atom. The molecule has 15 nitrogen and oxygen atoms in total. The third-order valence-electron chi connectivity index (χ3n) is 9.85. The van der Waals surface area contributed by atoms with Gasteiger partial charge in [-0.05, 0) is 76.8 Å². The Balaban J connectivity index is 1.18. The molecule has 6 rings (SSSR count). The molecule has 0 unspecified atom stereocenters. The molecule has 3 aliphatic rings. The van der Waals surface area contributed by atoms with Crippen LogP contribution in [-0.4, -0.2) is 88.1 Å². The lowest BCUT2D eigenvalue weighted by atomic mass is 10.0. The van der Waals surface area contributed by atoms with E-state index in [-0.39, 0.29) is 36.5 Å². The number of rotatable bonds is 17. The van der Waals surface area contributed by atoms with Crippen LogP contribution in [-0.2, 0) is 24.4 Å². The third kappa shape index (κ3) is 9.36. The van der Waals surface area contributed by atoms with Crippen LogP contribution in [0.5, 0.6) is 5.88 Å². The van der Waals surface area contributed by atoms with Crippen LogP contribution in [0.3, 0.4) is 0 Å². The third-order valence-corrected chi connectivity index (χ3v) is 12.0. The Hall–Kier alpha value is -4.93. The number of aryl methyl sites for hydroxylation is 1. The van der Waals surface area contributed by atoms with Crippen LogP contribution in [0, 0.1) is 18.7 Å². The molecule has 1 aliphatic heterocycles. The second-order valence-corrected chi connectivity index (χ2v) is 16.4. The van der Waals surface area contributed by atoms with Crippen molar-refractivity contribution in [1.82, 2.24) is 35.4 Å². The van der Waals surface area contributed by atoms with E-state index < -0.39 is 68.9 Å². The van der Waals surface area contributed by atoms with E-state index in [9.17, 15) is 32.0 Å². The number of carbonyl (C=O) groups excluding carboxylic acids is 4. The molecule has 17 heteroatoms. The predicted molar refractivity (Wildman–Crippen MR) is 189 cm³/mol. The minimum absolute atomic E-state index is 0.00648. The maximum atomic E-state index is 14.6. The molecule has 2 aliphatic carbocycles. The van der Waals surface area contributed by atoms with E-state index in [2.05, 4.69) is 37.9 Å². The number of nitrogens with one attached hydrogen (secondary N) is 3. The molecule has 53 heavy (non-hydrogen) atoms. The monoisotopic (exact) mass is 753 g/mol. The quantitative estimate of drug-likeness (QED) is 0.135. The van der Waals surface area contributed by atoms with Gasteiger partial charge in [0, 0.05) is 12.5 Å². The van der Waals surface area contributed by atoms with Crippen molar-refractivity contribution in [3.8, 4) is 5.88 Å². The van der Waals surface area contributed by atoms with Crippen molar-refractivity contribution in [3.63, 3.8) is 0 Å². The number of benzene rings is 1. The standard InChI is InChI=1S/C36H44FN7O8S/c1-22-34(41-31-25(37)10-8-12-26(31)39-22)52-24-19-29(33(47)38-20-30(45)43-53(49,50)36(2)16-17-36)44(21-24)35(48)28(40-32(46)27-15-18-51-42-27)11-7-5-3-4-6-9-23-13-14-23/h6,8-10,12,15,18,23-24,28-29H,3-5,7,11,13-14,16-17,19-21H2,1-2H3,(H,38,47)(H,40,46)(H,43,45)/b9-6-/t24-,28+,29+/m1/s1. The first-order valence-corrected chi connectivity index (χ1v) is 19.4. The Morgan fingerprint density at radius 2 is 1.92 bits per heavy atom. The highest BCUT2D eigenvalue weighted by molar-refractivity contribution is 7.91. The summed E-state index contributed by atoms with van der Waals surface area (Å²) in [5.74, 6) is -2.75. The fourth-order valence-electron chi connectivity index (χ4n) is 6.18. The lowest BCUT2D eigenvalue weighted by Gasteiger charge is -2.28. The number of carbonyl (C=O) groups is 4. The smallest absolute Gasteiger partial charge is 0.274 e. The van der Waals surface area contributed by atoms with Gasteiger partial charge in [0.1, 0.15) is 35.7 Å². The Kier molecular flexibility index (Phi) is 11.4. The second-order valence-electron chi connectivity index (χ2n) is 14.2. The summed E-state index contributed by atoms with van der Waals surface area (Å²) in [4.78, 5) is 63.7. The molecule has 0 spiro atoms. The lowest BCUT2D eigenvalue weighted by molar-refractivity contribution is -0.140. The molecule has 3 aromatic rings. The summed E-state index contributed by atoms with van der Waals surface area (Å²) in [6.07, 6.45) is 11.5. The summed E-state index contributed by atoms with van der Waals surface area (Å²) in [5.41, 5.74) is 0.660. The van der Waals surface area contributed by atoms with Crippen molar-refractivity contribution >= 4 is 44.7 Å². The molecule has 3 atom stereocenters. The van der Waals surface area contributed by atoms with Gasteiger partial charge in [-0.25, -0.2) is 22.8 Å². The zero-order chi connectivity index (χ0) is 37.8. The number of allylic oxidation sites excluding steroid dienone is 2. The molecule has 1 saturated heterocycles. The van der Waals surface area contributed by atoms with Gasteiger partial charge in [0.25, 0.3) is 11.8 Å². The first-order valence-electron chi connectivity index (χ1n) is 17.9. The zero-order valence-corrected chi connectivity index (χ0v) is 30.5. The highest BCUT2D eigenvalue weighted by Gasteiger charge is 2.51. The van der Waals surface area contributed by atoms with E-state index in [1.165, 1.54) is 49.1 Å². The van der Waals surface area contributed by atoms with Crippen LogP contribution in [0.4, 0.5) is 4.39 Å². The van der Waals surface area contributed by atoms with Crippen LogP contribution < -0.4 is 20.1 Å². The number of para-hydroxylation sites is 1. The fraction of sp³-hybridized carbons (Fsp3) is 0.528. The van der Waals surface area contributed by atoms with E-state index in [1.807, 2.05) is 4.72 Å². The van der Waals surface area contributed by atoms with Gasteiger partial charge in [-0.1, -0.05) is 36.2 Å². The fourth-order valence-corrected chi connectivity index (χ4v) is 7.44.